The van der Waals surface area contributed by atoms with E-state index in [-0.39, 0.29) is 70.0 Å². The normalized spacial score (nSPS) is 18.0. The predicted molar refractivity (Wildman–Crippen MR) is 303 cm³/mol. The SMILES string of the molecule is CC[C@H](C)[C@H](NC(=O)[C@@H]1CCCN1C(=O)[C@H](C)NC(=O)[C@@H]1CCCN1C(=O)[C@H](CC(C)C)NC(=O)CNC(=O)[C@H](CCC(=O)O)NC(=O)[C@H](CC(N)=O)NC(=O)[C@@H](N)Cc1c[nH]cn1)C(=O)N[C@H](C(=O)N[C@@H](CCCNC(=N)N)C(=O)O)C(C)C. The van der Waals surface area contributed by atoms with Crippen molar-refractivity contribution in [1.29, 1.82) is 5.41 Å². The minimum atomic E-state index is -1.64. The Bertz CT molecular complexity index is 2550. The van der Waals surface area contributed by atoms with Crippen LogP contribution in [0.4, 0.5) is 0 Å². The molecule has 0 unspecified atom stereocenters. The zero-order valence-corrected chi connectivity index (χ0v) is 49.2. The number of hydrogen-bond acceptors (Lipinski definition) is 16. The van der Waals surface area contributed by atoms with Crippen LogP contribution in [0, 0.1) is 23.2 Å². The quantitative estimate of drug-likeness (QED) is 0.0173. The number of carboxylic acids is 2. The number of rotatable bonds is 35. The van der Waals surface area contributed by atoms with E-state index in [2.05, 4.69) is 57.8 Å². The van der Waals surface area contributed by atoms with E-state index in [0.29, 0.717) is 25.0 Å². The Morgan fingerprint density at radius 2 is 1.28 bits per heavy atom. The molecule has 0 saturated carbocycles. The lowest BCUT2D eigenvalue weighted by Gasteiger charge is -2.32. The number of carboxylic acid groups (broad SMARTS) is 2. The van der Waals surface area contributed by atoms with Crippen LogP contribution in [0.25, 0.3) is 0 Å². The second kappa shape index (κ2) is 34.4. The molecule has 2 aliphatic rings. The molecule has 2 saturated heterocycles. The van der Waals surface area contributed by atoms with E-state index in [9.17, 15) is 72.5 Å². The minimum absolute atomic E-state index is 0.00417. The molecule has 2 fully saturated rings. The van der Waals surface area contributed by atoms with Gasteiger partial charge in [0.2, 0.25) is 65.0 Å². The van der Waals surface area contributed by atoms with Crippen molar-refractivity contribution >= 4 is 82.9 Å². The van der Waals surface area contributed by atoms with Gasteiger partial charge in [-0.25, -0.2) is 9.78 Å². The Kier molecular flexibility index (Phi) is 28.6. The van der Waals surface area contributed by atoms with E-state index < -0.39 is 175 Å². The summed E-state index contributed by atoms with van der Waals surface area (Å²) in [6.07, 6.45) is 2.86. The number of nitrogens with two attached hydrogens (primary N) is 3. The van der Waals surface area contributed by atoms with Gasteiger partial charge in [-0.05, 0) is 76.0 Å². The van der Waals surface area contributed by atoms with E-state index in [1.807, 2.05) is 0 Å². The number of carbonyl (C=O) groups excluding carboxylic acids is 11. The number of primary amides is 1. The molecule has 85 heavy (non-hydrogen) atoms. The third kappa shape index (κ3) is 22.9. The van der Waals surface area contributed by atoms with Crippen molar-refractivity contribution < 1.29 is 72.5 Å². The van der Waals surface area contributed by atoms with Crippen molar-refractivity contribution in [2.75, 3.05) is 26.2 Å². The van der Waals surface area contributed by atoms with Crippen LogP contribution >= 0.6 is 0 Å². The van der Waals surface area contributed by atoms with Gasteiger partial charge < -0.3 is 90.0 Å². The highest BCUT2D eigenvalue weighted by molar-refractivity contribution is 5.99. The number of aromatic nitrogens is 2. The van der Waals surface area contributed by atoms with E-state index in [1.54, 1.807) is 41.5 Å². The Morgan fingerprint density at radius 3 is 1.82 bits per heavy atom. The van der Waals surface area contributed by atoms with Crippen molar-refractivity contribution in [3.8, 4) is 0 Å². The van der Waals surface area contributed by atoms with Gasteiger partial charge in [-0.1, -0.05) is 48.0 Å². The van der Waals surface area contributed by atoms with Crippen LogP contribution in [0.1, 0.15) is 125 Å². The van der Waals surface area contributed by atoms with Crippen molar-refractivity contribution in [3.05, 3.63) is 18.2 Å². The molecule has 11 atom stereocenters. The fourth-order valence-corrected chi connectivity index (χ4v) is 9.65. The van der Waals surface area contributed by atoms with Crippen LogP contribution in [-0.4, -0.2) is 199 Å². The predicted octanol–water partition coefficient (Wildman–Crippen LogP) is -4.37. The van der Waals surface area contributed by atoms with Crippen LogP contribution in [0.5, 0.6) is 0 Å². The third-order valence-electron chi connectivity index (χ3n) is 14.4. The standard InChI is InChI=1S/C53H87N17O15/c1-8-28(6)42(49(81)67-41(27(4)5)48(80)65-33(52(84)85)12-9-17-59-53(56)57)68-47(79)37-14-10-18-69(37)50(82)29(7)62-46(78)36-13-11-19-70(36)51(83)35(20-26(2)3)63-39(72)24-60-44(76)32(15-16-40(73)74)64-45(77)34(22-38(55)71)66-43(75)31(54)21-30-23-58-25-61-30/h23,25-29,31-37,41-42H,8-22,24,54H2,1-7H3,(H2,55,71)(H,58,61)(H,60,76)(H,62,78)(H,63,72)(H,64,77)(H,65,80)(H,66,75)(H,67,81)(H,68,79)(H,73,74)(H,84,85)(H4,56,57,59)/t28-,29-,31-,32-,33-,34-,35-,36-,37-,41-,42-/m0/s1. The van der Waals surface area contributed by atoms with Gasteiger partial charge in [0.15, 0.2) is 5.96 Å². The lowest BCUT2D eigenvalue weighted by Crippen LogP contribution is -2.61. The number of imidazole rings is 1. The number of carbonyl (C=O) groups is 13. The highest BCUT2D eigenvalue weighted by Gasteiger charge is 2.43. The second-order valence-corrected chi connectivity index (χ2v) is 22.2. The number of nitrogens with one attached hydrogen (secondary N) is 11. The molecule has 1 aromatic rings. The first-order chi connectivity index (χ1) is 39.9. The molecule has 32 nitrogen and oxygen atoms in total. The van der Waals surface area contributed by atoms with Gasteiger partial charge >= 0.3 is 11.9 Å². The summed E-state index contributed by atoms with van der Waals surface area (Å²) in [6.45, 7) is 11.4. The molecule has 0 bridgehead atoms. The van der Waals surface area contributed by atoms with Crippen LogP contribution < -0.4 is 65.1 Å². The number of likely N-dealkylation sites (tertiary alicyclic amines) is 2. The third-order valence-corrected chi connectivity index (χ3v) is 14.4. The second-order valence-electron chi connectivity index (χ2n) is 22.2. The number of amides is 11. The Hall–Kier alpha value is -8.45. The molecule has 32 heteroatoms. The molecule has 0 spiro atoms. The van der Waals surface area contributed by atoms with Crippen molar-refractivity contribution in [2.24, 2.45) is 35.0 Å². The highest BCUT2D eigenvalue weighted by atomic mass is 16.4. The lowest BCUT2D eigenvalue weighted by molar-refractivity contribution is -0.144. The van der Waals surface area contributed by atoms with Crippen LogP contribution in [0.2, 0.25) is 0 Å². The van der Waals surface area contributed by atoms with Gasteiger partial charge in [0.1, 0.15) is 54.4 Å². The fraction of sp³-hybridized carbons (Fsp3) is 0.679. The lowest BCUT2D eigenvalue weighted by atomic mass is 9.96. The summed E-state index contributed by atoms with van der Waals surface area (Å²) in [6, 6.07) is -12.8. The van der Waals surface area contributed by atoms with E-state index in [4.69, 9.17) is 22.6 Å². The largest absolute Gasteiger partial charge is 0.481 e. The molecule has 474 valence electrons. The van der Waals surface area contributed by atoms with E-state index in [1.165, 1.54) is 29.2 Å². The number of H-pyrrole nitrogens is 1. The molecule has 3 heterocycles. The highest BCUT2D eigenvalue weighted by Crippen LogP contribution is 2.23. The number of guanidine groups is 1. The zero-order valence-electron chi connectivity index (χ0n) is 49.2. The molecule has 0 radical (unpaired) electrons. The Balaban J connectivity index is 1.67. The van der Waals surface area contributed by atoms with Crippen molar-refractivity contribution in [1.82, 2.24) is 67.6 Å². The van der Waals surface area contributed by atoms with Crippen molar-refractivity contribution in [3.63, 3.8) is 0 Å². The summed E-state index contributed by atoms with van der Waals surface area (Å²) < 4.78 is 0. The summed E-state index contributed by atoms with van der Waals surface area (Å²) in [4.78, 5) is 182. The number of aromatic amines is 1. The molecule has 3 rings (SSSR count). The van der Waals surface area contributed by atoms with Gasteiger partial charge in [-0.2, -0.15) is 0 Å². The van der Waals surface area contributed by atoms with Crippen LogP contribution in [0.15, 0.2) is 12.5 Å². The van der Waals surface area contributed by atoms with Gasteiger partial charge in [-0.3, -0.25) is 62.9 Å². The van der Waals surface area contributed by atoms with Gasteiger partial charge in [0, 0.05) is 38.7 Å². The van der Waals surface area contributed by atoms with Crippen molar-refractivity contribution in [2.45, 2.75) is 186 Å². The van der Waals surface area contributed by atoms with Crippen LogP contribution in [0.3, 0.4) is 0 Å². The molecule has 19 N–H and O–H groups in total. The summed E-state index contributed by atoms with van der Waals surface area (Å²) in [5, 5.41) is 49.1. The molecule has 1 aromatic heterocycles. The number of aliphatic carboxylic acids is 2. The summed E-state index contributed by atoms with van der Waals surface area (Å²) >= 11 is 0. The Labute approximate surface area is 492 Å². The summed E-state index contributed by atoms with van der Waals surface area (Å²) in [7, 11) is 0. The first-order valence-corrected chi connectivity index (χ1v) is 28.5. The first kappa shape index (κ1) is 70.8. The smallest absolute Gasteiger partial charge is 0.326 e. The van der Waals surface area contributed by atoms with Gasteiger partial charge in [0.25, 0.3) is 0 Å². The minimum Gasteiger partial charge on any atom is -0.481 e. The van der Waals surface area contributed by atoms with Gasteiger partial charge in [-0.15, -0.1) is 0 Å². The molecule has 0 aromatic carbocycles. The first-order valence-electron chi connectivity index (χ1n) is 28.5. The number of nitrogens with zero attached hydrogens (tertiary/aromatic N) is 3. The molecular formula is C53H87N17O15. The van der Waals surface area contributed by atoms with Crippen LogP contribution in [-0.2, 0) is 68.7 Å². The fourth-order valence-electron chi connectivity index (χ4n) is 9.65. The molecule has 11 amide bonds. The molecule has 0 aliphatic carbocycles. The Morgan fingerprint density at radius 1 is 0.694 bits per heavy atom. The summed E-state index contributed by atoms with van der Waals surface area (Å²) in [5.41, 5.74) is 17.0. The maximum absolute atomic E-state index is 14.3. The van der Waals surface area contributed by atoms with E-state index >= 15 is 0 Å². The average Bonchev–Trinajstić information content (AvgIpc) is 4.07. The maximum atomic E-state index is 14.3. The molecule has 2 aliphatic heterocycles. The van der Waals surface area contributed by atoms with E-state index in [0.717, 1.165) is 0 Å². The summed E-state index contributed by atoms with van der Waals surface area (Å²) in [5.74, 6) is -13.1. The van der Waals surface area contributed by atoms with Gasteiger partial charge in [0.05, 0.1) is 31.0 Å². The maximum Gasteiger partial charge on any atom is 0.326 e. The monoisotopic (exact) mass is 1200 g/mol. The number of hydrogen-bond donors (Lipinski definition) is 16. The molecular weight excluding hydrogens is 1110 g/mol. The topological polar surface area (TPSA) is 508 Å². The average molecular weight is 1200 g/mol. The zero-order chi connectivity index (χ0) is 63.8.